The highest BCUT2D eigenvalue weighted by Gasteiger charge is 2.64. The smallest absolute Gasteiger partial charge is 0.337 e. The molecule has 6 rings (SSSR count). The number of rotatable bonds is 5. The summed E-state index contributed by atoms with van der Waals surface area (Å²) in [6.07, 6.45) is 0.853. The Morgan fingerprint density at radius 1 is 0.927 bits per heavy atom. The zero-order valence-electron chi connectivity index (χ0n) is 23.9. The lowest BCUT2D eigenvalue weighted by atomic mass is 9.60. The minimum absolute atomic E-state index is 0.125. The van der Waals surface area contributed by atoms with Gasteiger partial charge in [0.15, 0.2) is 5.78 Å². The predicted molar refractivity (Wildman–Crippen MR) is 159 cm³/mol. The Balaban J connectivity index is 1.75. The number of Topliss-reactive ketones (excluding diaryl/α,β-unsaturated/α-hetero) is 1. The number of allylic oxidation sites excluding steroid dienone is 1. The normalized spacial score (nSPS) is 21.1. The quantitative estimate of drug-likeness (QED) is 0.379. The van der Waals surface area contributed by atoms with Crippen molar-refractivity contribution in [2.45, 2.75) is 52.5 Å². The number of carbonyl (C=O) groups is 3. The number of fused-ring (bicyclic) bond motifs is 3. The van der Waals surface area contributed by atoms with Gasteiger partial charge in [0.2, 0.25) is 5.91 Å². The van der Waals surface area contributed by atoms with Crippen molar-refractivity contribution in [3.05, 3.63) is 118 Å². The number of anilines is 1. The largest absolute Gasteiger partial charge is 0.463 e. The van der Waals surface area contributed by atoms with Gasteiger partial charge in [-0.2, -0.15) is 0 Å². The van der Waals surface area contributed by atoms with Crippen LogP contribution in [0.3, 0.4) is 0 Å². The van der Waals surface area contributed by atoms with Gasteiger partial charge in [0, 0.05) is 28.9 Å². The minimum atomic E-state index is -1.64. The van der Waals surface area contributed by atoms with Crippen LogP contribution in [0.25, 0.3) is 5.70 Å². The van der Waals surface area contributed by atoms with Crippen LogP contribution in [-0.4, -0.2) is 29.2 Å². The van der Waals surface area contributed by atoms with Crippen molar-refractivity contribution >= 4 is 29.0 Å². The van der Waals surface area contributed by atoms with Gasteiger partial charge in [-0.15, -0.1) is 0 Å². The Kier molecular flexibility index (Phi) is 6.45. The Bertz CT molecular complexity index is 1640. The van der Waals surface area contributed by atoms with E-state index in [0.717, 1.165) is 22.4 Å². The van der Waals surface area contributed by atoms with Gasteiger partial charge < -0.3 is 15.0 Å². The van der Waals surface area contributed by atoms with Gasteiger partial charge in [-0.05, 0) is 42.4 Å². The van der Waals surface area contributed by atoms with E-state index in [2.05, 4.69) is 19.2 Å². The van der Waals surface area contributed by atoms with Crippen molar-refractivity contribution in [2.24, 2.45) is 5.41 Å². The lowest BCUT2D eigenvalue weighted by Crippen LogP contribution is -2.51. The average molecular weight is 547 g/mol. The van der Waals surface area contributed by atoms with Gasteiger partial charge >= 0.3 is 5.97 Å². The number of benzene rings is 3. The van der Waals surface area contributed by atoms with Crippen LogP contribution >= 0.6 is 0 Å². The molecule has 1 aliphatic carbocycles. The van der Waals surface area contributed by atoms with E-state index in [-0.39, 0.29) is 42.3 Å². The monoisotopic (exact) mass is 546 g/mol. The molecule has 0 saturated carbocycles. The molecule has 6 heteroatoms. The lowest BCUT2D eigenvalue weighted by molar-refractivity contribution is -0.141. The highest BCUT2D eigenvalue weighted by atomic mass is 16.5. The SMILES string of the molecule is CCOC(=O)C1=C(c2ccccc2)N(Cc2ccccc2)C(=O)C12C1=C(CC(C)(C)CC1=O)Nc1c(C)cccc12. The van der Waals surface area contributed by atoms with Crippen molar-refractivity contribution in [1.29, 1.82) is 0 Å². The van der Waals surface area contributed by atoms with E-state index < -0.39 is 11.4 Å². The molecule has 41 heavy (non-hydrogen) atoms. The summed E-state index contributed by atoms with van der Waals surface area (Å²) in [6, 6.07) is 24.9. The van der Waals surface area contributed by atoms with Gasteiger partial charge in [-0.3, -0.25) is 9.59 Å². The molecule has 1 spiro atoms. The molecule has 1 atom stereocenters. The molecule has 2 heterocycles. The molecule has 0 fully saturated rings. The second-order valence-electron chi connectivity index (χ2n) is 11.9. The summed E-state index contributed by atoms with van der Waals surface area (Å²) in [5, 5.41) is 3.55. The summed E-state index contributed by atoms with van der Waals surface area (Å²) in [6.45, 7) is 8.24. The number of hydrogen-bond donors (Lipinski definition) is 1. The van der Waals surface area contributed by atoms with Crippen LogP contribution < -0.4 is 5.32 Å². The van der Waals surface area contributed by atoms with Gasteiger partial charge in [-0.25, -0.2) is 4.79 Å². The molecule has 1 unspecified atom stereocenters. The molecular formula is C35H34N2O4. The van der Waals surface area contributed by atoms with Gasteiger partial charge in [0.1, 0.15) is 5.41 Å². The molecule has 0 aromatic heterocycles. The molecular weight excluding hydrogens is 512 g/mol. The third-order valence-corrected chi connectivity index (χ3v) is 8.36. The van der Waals surface area contributed by atoms with E-state index in [4.69, 9.17) is 4.74 Å². The maximum absolute atomic E-state index is 15.3. The number of para-hydroxylation sites is 1. The third kappa shape index (κ3) is 4.12. The number of esters is 1. The van der Waals surface area contributed by atoms with Gasteiger partial charge in [0.05, 0.1) is 24.4 Å². The summed E-state index contributed by atoms with van der Waals surface area (Å²) < 4.78 is 5.72. The predicted octanol–water partition coefficient (Wildman–Crippen LogP) is 6.32. The van der Waals surface area contributed by atoms with E-state index >= 15 is 4.79 Å². The molecule has 0 bridgehead atoms. The van der Waals surface area contributed by atoms with Crippen molar-refractivity contribution in [3.8, 4) is 0 Å². The number of amides is 1. The van der Waals surface area contributed by atoms with Crippen molar-refractivity contribution in [2.75, 3.05) is 11.9 Å². The molecule has 3 aromatic rings. The van der Waals surface area contributed by atoms with E-state index in [0.29, 0.717) is 29.0 Å². The number of hydrogen-bond acceptors (Lipinski definition) is 5. The molecule has 2 aliphatic heterocycles. The van der Waals surface area contributed by atoms with Gasteiger partial charge in [0.25, 0.3) is 0 Å². The molecule has 0 radical (unpaired) electrons. The van der Waals surface area contributed by atoms with E-state index in [9.17, 15) is 9.59 Å². The van der Waals surface area contributed by atoms with E-state index in [1.165, 1.54) is 0 Å². The van der Waals surface area contributed by atoms with Crippen molar-refractivity contribution < 1.29 is 19.1 Å². The highest BCUT2D eigenvalue weighted by molar-refractivity contribution is 6.24. The number of aryl methyl sites for hydroxylation is 1. The second kappa shape index (κ2) is 9.88. The van der Waals surface area contributed by atoms with Crippen LogP contribution in [0.2, 0.25) is 0 Å². The maximum Gasteiger partial charge on any atom is 0.337 e. The van der Waals surface area contributed by atoms with Gasteiger partial charge in [-0.1, -0.05) is 92.7 Å². The summed E-state index contributed by atoms with van der Waals surface area (Å²) in [5.74, 6) is -1.02. The second-order valence-corrected chi connectivity index (χ2v) is 11.9. The first-order valence-corrected chi connectivity index (χ1v) is 14.2. The lowest BCUT2D eigenvalue weighted by Gasteiger charge is -2.44. The number of carbonyl (C=O) groups excluding carboxylic acids is 3. The maximum atomic E-state index is 15.3. The fourth-order valence-electron chi connectivity index (χ4n) is 6.77. The van der Waals surface area contributed by atoms with Crippen LogP contribution in [0.4, 0.5) is 5.69 Å². The fourth-order valence-corrected chi connectivity index (χ4v) is 6.77. The molecule has 1 amide bonds. The highest BCUT2D eigenvalue weighted by Crippen LogP contribution is 2.59. The summed E-state index contributed by atoms with van der Waals surface area (Å²) >= 11 is 0. The Morgan fingerprint density at radius 2 is 1.61 bits per heavy atom. The Labute approximate surface area is 240 Å². The summed E-state index contributed by atoms with van der Waals surface area (Å²) in [5.41, 5.74) is 3.77. The topological polar surface area (TPSA) is 75.7 Å². The van der Waals surface area contributed by atoms with Crippen LogP contribution in [0.5, 0.6) is 0 Å². The Morgan fingerprint density at radius 3 is 2.29 bits per heavy atom. The summed E-state index contributed by atoms with van der Waals surface area (Å²) in [4.78, 5) is 45.4. The number of nitrogens with zero attached hydrogens (tertiary/aromatic N) is 1. The third-order valence-electron chi connectivity index (χ3n) is 8.36. The first kappa shape index (κ1) is 26.8. The van der Waals surface area contributed by atoms with Crippen molar-refractivity contribution in [1.82, 2.24) is 4.90 Å². The average Bonchev–Trinajstić information content (AvgIpc) is 3.18. The standard InChI is InChI=1S/C35H34N2O4/c1-5-41-32(39)29-31(24-16-10-7-11-17-24)37(21-23-14-8-6-9-15-23)33(40)35(29)25-18-12-13-22(2)30(25)36-26-19-34(3,4)20-27(38)28(26)35/h6-18,36H,5,19-21H2,1-4H3. The fraction of sp³-hybridized carbons (Fsp3) is 0.286. The minimum Gasteiger partial charge on any atom is -0.463 e. The molecule has 3 aromatic carbocycles. The number of nitrogens with one attached hydrogen (secondary N) is 1. The Hall–Kier alpha value is -4.45. The van der Waals surface area contributed by atoms with Crippen LogP contribution in [0, 0.1) is 12.3 Å². The summed E-state index contributed by atoms with van der Waals surface area (Å²) in [7, 11) is 0. The van der Waals surface area contributed by atoms with Crippen molar-refractivity contribution in [3.63, 3.8) is 0 Å². The zero-order chi connectivity index (χ0) is 28.9. The van der Waals surface area contributed by atoms with Crippen LogP contribution in [0.1, 0.15) is 55.9 Å². The molecule has 1 N–H and O–H groups in total. The molecule has 0 saturated heterocycles. The van der Waals surface area contributed by atoms with E-state index in [1.54, 1.807) is 11.8 Å². The molecule has 6 nitrogen and oxygen atoms in total. The number of ketones is 1. The van der Waals surface area contributed by atoms with Crippen LogP contribution in [-0.2, 0) is 31.1 Å². The first-order chi connectivity index (χ1) is 19.7. The zero-order valence-corrected chi connectivity index (χ0v) is 23.9. The molecule has 208 valence electrons. The number of ether oxygens (including phenoxy) is 1. The molecule has 3 aliphatic rings. The van der Waals surface area contributed by atoms with E-state index in [1.807, 2.05) is 85.8 Å². The van der Waals surface area contributed by atoms with Crippen LogP contribution in [0.15, 0.2) is 95.7 Å². The first-order valence-electron chi connectivity index (χ1n) is 14.2.